The van der Waals surface area contributed by atoms with E-state index in [9.17, 15) is 8.42 Å². The summed E-state index contributed by atoms with van der Waals surface area (Å²) in [6, 6.07) is 0. The van der Waals surface area contributed by atoms with Crippen LogP contribution in [-0.4, -0.2) is 20.8 Å². The average Bonchev–Trinajstić information content (AvgIpc) is 1.81. The summed E-state index contributed by atoms with van der Waals surface area (Å²) >= 11 is 0. The van der Waals surface area contributed by atoms with E-state index in [-0.39, 0.29) is 11.7 Å². The number of nitrogens with one attached hydrogen (secondary N) is 1. The van der Waals surface area contributed by atoms with E-state index < -0.39 is 10.0 Å². The van der Waals surface area contributed by atoms with Crippen LogP contribution in [-0.2, 0) is 14.9 Å². The minimum absolute atomic E-state index is 0.102. The Labute approximate surface area is 80.7 Å². The molecule has 0 fully saturated rings. The van der Waals surface area contributed by atoms with Crippen molar-refractivity contribution in [3.8, 4) is 0 Å². The first kappa shape index (κ1) is 12.9. The Morgan fingerprint density at radius 2 is 1.69 bits per heavy atom. The van der Waals surface area contributed by atoms with Crippen molar-refractivity contribution in [3.05, 3.63) is 0 Å². The molecular formula is C8H19NO3S. The predicted molar refractivity (Wildman–Crippen MR) is 52.6 cm³/mol. The molecule has 0 aromatic carbocycles. The normalized spacial score (nSPS) is 12.8. The first-order valence-corrected chi connectivity index (χ1v) is 6.10. The van der Waals surface area contributed by atoms with Gasteiger partial charge >= 0.3 is 0 Å². The van der Waals surface area contributed by atoms with Crippen molar-refractivity contribution in [2.45, 2.75) is 27.7 Å². The fraction of sp³-hybridized carbons (Fsp3) is 1.00. The van der Waals surface area contributed by atoms with Crippen molar-refractivity contribution in [2.24, 2.45) is 11.8 Å². The molecule has 5 heteroatoms. The van der Waals surface area contributed by atoms with Gasteiger partial charge in [0.25, 0.3) is 0 Å². The molecule has 1 N–H and O–H groups in total. The highest BCUT2D eigenvalue weighted by Crippen LogP contribution is 1.98. The third-order valence-electron chi connectivity index (χ3n) is 1.16. The summed E-state index contributed by atoms with van der Waals surface area (Å²) in [5.74, 6) is 0.535. The maximum absolute atomic E-state index is 11.2. The molecule has 0 atom stereocenters. The molecule has 0 unspecified atom stereocenters. The van der Waals surface area contributed by atoms with E-state index in [0.717, 1.165) is 0 Å². The van der Waals surface area contributed by atoms with E-state index in [1.807, 2.05) is 27.7 Å². The SMILES string of the molecule is CC(C)CONS(=O)(=O)CC(C)C. The molecule has 0 heterocycles. The van der Waals surface area contributed by atoms with Gasteiger partial charge in [-0.2, -0.15) is 0 Å². The van der Waals surface area contributed by atoms with Gasteiger partial charge in [0.05, 0.1) is 12.4 Å². The average molecular weight is 209 g/mol. The molecule has 0 rings (SSSR count). The number of rotatable bonds is 6. The number of hydrogen-bond donors (Lipinski definition) is 1. The zero-order valence-electron chi connectivity index (χ0n) is 8.70. The van der Waals surface area contributed by atoms with Crippen LogP contribution in [0.3, 0.4) is 0 Å². The molecular weight excluding hydrogens is 190 g/mol. The molecule has 0 saturated heterocycles. The second-order valence-electron chi connectivity index (χ2n) is 3.96. The standard InChI is InChI=1S/C8H19NO3S/c1-7(2)5-12-9-13(10,11)6-8(3)4/h7-9H,5-6H2,1-4H3. The second kappa shape index (κ2) is 5.57. The molecule has 80 valence electrons. The zero-order chi connectivity index (χ0) is 10.5. The maximum atomic E-state index is 11.2. The van der Waals surface area contributed by atoms with Crippen LogP contribution in [0.4, 0.5) is 0 Å². The summed E-state index contributed by atoms with van der Waals surface area (Å²) in [5.41, 5.74) is 0. The predicted octanol–water partition coefficient (Wildman–Crippen LogP) is 1.15. The molecule has 0 aliphatic rings. The van der Waals surface area contributed by atoms with Gasteiger partial charge < -0.3 is 0 Å². The fourth-order valence-corrected chi connectivity index (χ4v) is 1.96. The van der Waals surface area contributed by atoms with Crippen LogP contribution in [0.1, 0.15) is 27.7 Å². The maximum Gasteiger partial charge on any atom is 0.233 e. The van der Waals surface area contributed by atoms with Gasteiger partial charge in [-0.05, 0) is 11.8 Å². The van der Waals surface area contributed by atoms with Gasteiger partial charge in [-0.25, -0.2) is 8.42 Å². The Hall–Kier alpha value is -0.130. The van der Waals surface area contributed by atoms with Crippen LogP contribution in [0.5, 0.6) is 0 Å². The highest BCUT2D eigenvalue weighted by Gasteiger charge is 2.12. The van der Waals surface area contributed by atoms with E-state index in [4.69, 9.17) is 4.84 Å². The van der Waals surface area contributed by atoms with E-state index in [1.54, 1.807) is 0 Å². The molecule has 0 aliphatic heterocycles. The van der Waals surface area contributed by atoms with Gasteiger partial charge in [0.1, 0.15) is 0 Å². The van der Waals surface area contributed by atoms with Crippen molar-refractivity contribution in [1.29, 1.82) is 0 Å². The second-order valence-corrected chi connectivity index (χ2v) is 5.69. The zero-order valence-corrected chi connectivity index (χ0v) is 9.52. The van der Waals surface area contributed by atoms with Gasteiger partial charge in [0, 0.05) is 0 Å². The van der Waals surface area contributed by atoms with E-state index >= 15 is 0 Å². The van der Waals surface area contributed by atoms with Crippen molar-refractivity contribution >= 4 is 10.0 Å². The van der Waals surface area contributed by atoms with Crippen molar-refractivity contribution in [1.82, 2.24) is 4.89 Å². The lowest BCUT2D eigenvalue weighted by molar-refractivity contribution is 0.0717. The Balaban J connectivity index is 3.77. The summed E-state index contributed by atoms with van der Waals surface area (Å²) in [6.07, 6.45) is 0. The number of sulfonamides is 1. The quantitative estimate of drug-likeness (QED) is 0.668. The Morgan fingerprint density at radius 1 is 1.15 bits per heavy atom. The summed E-state index contributed by atoms with van der Waals surface area (Å²) < 4.78 is 22.4. The molecule has 0 aliphatic carbocycles. The van der Waals surface area contributed by atoms with Crippen molar-refractivity contribution in [3.63, 3.8) is 0 Å². The third kappa shape index (κ3) is 8.21. The molecule has 0 amide bonds. The number of hydrogen-bond acceptors (Lipinski definition) is 3. The lowest BCUT2D eigenvalue weighted by Gasteiger charge is -2.09. The Morgan fingerprint density at radius 3 is 2.08 bits per heavy atom. The molecule has 13 heavy (non-hydrogen) atoms. The van der Waals surface area contributed by atoms with Crippen LogP contribution in [0, 0.1) is 11.8 Å². The third-order valence-corrected chi connectivity index (χ3v) is 2.63. The van der Waals surface area contributed by atoms with Crippen molar-refractivity contribution < 1.29 is 13.3 Å². The summed E-state index contributed by atoms with van der Waals surface area (Å²) in [4.78, 5) is 6.92. The lowest BCUT2D eigenvalue weighted by atomic mass is 10.2. The van der Waals surface area contributed by atoms with Crippen LogP contribution in [0.2, 0.25) is 0 Å². The van der Waals surface area contributed by atoms with Crippen LogP contribution < -0.4 is 4.89 Å². The van der Waals surface area contributed by atoms with Gasteiger partial charge in [0.2, 0.25) is 10.0 Å². The Kier molecular flexibility index (Phi) is 5.51. The molecule has 0 saturated carbocycles. The van der Waals surface area contributed by atoms with Crippen LogP contribution >= 0.6 is 0 Å². The molecule has 4 nitrogen and oxygen atoms in total. The van der Waals surface area contributed by atoms with E-state index in [2.05, 4.69) is 4.89 Å². The highest BCUT2D eigenvalue weighted by atomic mass is 32.2. The van der Waals surface area contributed by atoms with Gasteiger partial charge in [-0.3, -0.25) is 4.84 Å². The molecule has 0 spiro atoms. The van der Waals surface area contributed by atoms with E-state index in [0.29, 0.717) is 12.5 Å². The minimum atomic E-state index is -3.25. The monoisotopic (exact) mass is 209 g/mol. The van der Waals surface area contributed by atoms with Crippen molar-refractivity contribution in [2.75, 3.05) is 12.4 Å². The van der Waals surface area contributed by atoms with Crippen LogP contribution in [0.25, 0.3) is 0 Å². The van der Waals surface area contributed by atoms with Gasteiger partial charge in [-0.1, -0.05) is 32.6 Å². The van der Waals surface area contributed by atoms with E-state index in [1.165, 1.54) is 0 Å². The Bertz CT molecular complexity index is 222. The highest BCUT2D eigenvalue weighted by molar-refractivity contribution is 7.89. The molecule has 0 aromatic rings. The largest absolute Gasteiger partial charge is 0.287 e. The smallest absolute Gasteiger partial charge is 0.233 e. The molecule has 0 aromatic heterocycles. The lowest BCUT2D eigenvalue weighted by Crippen LogP contribution is -2.29. The molecule has 0 radical (unpaired) electrons. The topological polar surface area (TPSA) is 55.4 Å². The van der Waals surface area contributed by atoms with Gasteiger partial charge in [-0.15, -0.1) is 0 Å². The minimum Gasteiger partial charge on any atom is -0.287 e. The summed E-state index contributed by atoms with van der Waals surface area (Å²) in [6.45, 7) is 8.01. The van der Waals surface area contributed by atoms with Crippen LogP contribution in [0.15, 0.2) is 0 Å². The molecule has 0 bridgehead atoms. The summed E-state index contributed by atoms with van der Waals surface area (Å²) in [5, 5.41) is 0. The first-order chi connectivity index (χ1) is 5.83. The first-order valence-electron chi connectivity index (χ1n) is 4.44. The fourth-order valence-electron chi connectivity index (χ4n) is 0.763. The summed E-state index contributed by atoms with van der Waals surface area (Å²) in [7, 11) is -3.25. The van der Waals surface area contributed by atoms with Gasteiger partial charge in [0.15, 0.2) is 0 Å².